The molecule has 1 aliphatic heterocycles. The smallest absolute Gasteiger partial charge is 0.182 e. The molecule has 4 atom stereocenters. The zero-order valence-corrected chi connectivity index (χ0v) is 5.34. The predicted octanol–water partition coefficient (Wildman–Crippen LogP) is -2.62. The summed E-state index contributed by atoms with van der Waals surface area (Å²) < 4.78 is 4.55. The Morgan fingerprint density at radius 2 is 1.90 bits per heavy atom. The molecule has 10 heavy (non-hydrogen) atoms. The first-order valence-electron chi connectivity index (χ1n) is 3.04. The predicted molar refractivity (Wildman–Crippen MR) is 31.9 cm³/mol. The highest BCUT2D eigenvalue weighted by Crippen LogP contribution is 2.10. The largest absolute Gasteiger partial charge is 0.389 e. The second-order valence-corrected chi connectivity index (χ2v) is 2.36. The van der Waals surface area contributed by atoms with Gasteiger partial charge < -0.3 is 25.8 Å². The SMILES string of the molecule is N[C@@H]1[C@H](O)[C@H](O)OC[C@H]1O. The Bertz CT molecular complexity index is 106. The van der Waals surface area contributed by atoms with Crippen molar-refractivity contribution in [3.63, 3.8) is 0 Å². The molecule has 0 amide bonds. The Labute approximate surface area is 58.0 Å². The lowest BCUT2D eigenvalue weighted by molar-refractivity contribution is -0.219. The van der Waals surface area contributed by atoms with E-state index in [9.17, 15) is 0 Å². The fraction of sp³-hybridized carbons (Fsp3) is 1.00. The van der Waals surface area contributed by atoms with Gasteiger partial charge in [0.15, 0.2) is 6.29 Å². The van der Waals surface area contributed by atoms with Gasteiger partial charge in [0.1, 0.15) is 6.10 Å². The number of hydrogen-bond acceptors (Lipinski definition) is 5. The molecule has 5 heteroatoms. The summed E-state index contributed by atoms with van der Waals surface area (Å²) in [4.78, 5) is 0. The molecular formula is C5H11NO4. The standard InChI is InChI=1S/C5H11NO4/c6-3-2(7)1-10-5(9)4(3)8/h2-5,7-9H,1,6H2/t2-,3+,4+,5-/m1/s1. The van der Waals surface area contributed by atoms with Crippen LogP contribution in [0.5, 0.6) is 0 Å². The van der Waals surface area contributed by atoms with Crippen LogP contribution in [0.15, 0.2) is 0 Å². The summed E-state index contributed by atoms with van der Waals surface area (Å²) in [5.41, 5.74) is 5.27. The molecule has 1 rings (SSSR count). The first kappa shape index (κ1) is 7.90. The summed E-state index contributed by atoms with van der Waals surface area (Å²) in [5, 5.41) is 26.7. The lowest BCUT2D eigenvalue weighted by Gasteiger charge is -2.32. The maximum Gasteiger partial charge on any atom is 0.182 e. The zero-order valence-electron chi connectivity index (χ0n) is 5.34. The van der Waals surface area contributed by atoms with E-state index in [2.05, 4.69) is 4.74 Å². The Balaban J connectivity index is 2.52. The Morgan fingerprint density at radius 1 is 1.30 bits per heavy atom. The molecule has 0 aromatic rings. The van der Waals surface area contributed by atoms with Crippen molar-refractivity contribution in [1.82, 2.24) is 0 Å². The van der Waals surface area contributed by atoms with Gasteiger partial charge in [0.25, 0.3) is 0 Å². The van der Waals surface area contributed by atoms with Crippen molar-refractivity contribution in [2.45, 2.75) is 24.5 Å². The molecule has 0 aromatic carbocycles. The van der Waals surface area contributed by atoms with Crippen LogP contribution in [-0.4, -0.2) is 46.5 Å². The lowest BCUT2D eigenvalue weighted by atomic mass is 10.0. The molecule has 5 N–H and O–H groups in total. The van der Waals surface area contributed by atoms with Crippen LogP contribution in [0, 0.1) is 0 Å². The van der Waals surface area contributed by atoms with Crippen molar-refractivity contribution in [2.75, 3.05) is 6.61 Å². The van der Waals surface area contributed by atoms with Gasteiger partial charge in [-0.1, -0.05) is 0 Å². The van der Waals surface area contributed by atoms with Gasteiger partial charge in [-0.2, -0.15) is 0 Å². The van der Waals surface area contributed by atoms with E-state index < -0.39 is 24.5 Å². The van der Waals surface area contributed by atoms with Gasteiger partial charge in [0.2, 0.25) is 0 Å². The minimum atomic E-state index is -1.27. The van der Waals surface area contributed by atoms with Crippen LogP contribution in [0.4, 0.5) is 0 Å². The average Bonchev–Trinajstić information content (AvgIpc) is 1.93. The molecular weight excluding hydrogens is 138 g/mol. The molecule has 60 valence electrons. The number of hydrogen-bond donors (Lipinski definition) is 4. The van der Waals surface area contributed by atoms with Crippen molar-refractivity contribution in [1.29, 1.82) is 0 Å². The van der Waals surface area contributed by atoms with Crippen molar-refractivity contribution in [3.05, 3.63) is 0 Å². The summed E-state index contributed by atoms with van der Waals surface area (Å²) in [6, 6.07) is -0.816. The fourth-order valence-electron chi connectivity index (χ4n) is 0.825. The minimum absolute atomic E-state index is 0.0284. The lowest BCUT2D eigenvalue weighted by Crippen LogP contribution is -2.57. The van der Waals surface area contributed by atoms with Crippen LogP contribution in [0.3, 0.4) is 0 Å². The van der Waals surface area contributed by atoms with E-state index in [0.717, 1.165) is 0 Å². The highest BCUT2D eigenvalue weighted by atomic mass is 16.6. The first-order chi connectivity index (χ1) is 4.63. The van der Waals surface area contributed by atoms with Crippen molar-refractivity contribution >= 4 is 0 Å². The Hall–Kier alpha value is -0.200. The summed E-state index contributed by atoms with van der Waals surface area (Å²) in [6.07, 6.45) is -3.35. The number of nitrogens with two attached hydrogens (primary N) is 1. The normalized spacial score (nSPS) is 49.2. The van der Waals surface area contributed by atoms with Gasteiger partial charge in [0, 0.05) is 0 Å². The Kier molecular flexibility index (Phi) is 2.22. The Morgan fingerprint density at radius 3 is 2.40 bits per heavy atom. The van der Waals surface area contributed by atoms with Gasteiger partial charge in [-0.3, -0.25) is 0 Å². The number of ether oxygens (including phenoxy) is 1. The number of aliphatic hydroxyl groups is 3. The second kappa shape index (κ2) is 2.81. The van der Waals surface area contributed by atoms with Crippen LogP contribution in [0.1, 0.15) is 0 Å². The van der Waals surface area contributed by atoms with Gasteiger partial charge in [-0.05, 0) is 0 Å². The maximum absolute atomic E-state index is 8.96. The molecule has 0 aromatic heterocycles. The zero-order chi connectivity index (χ0) is 7.72. The summed E-state index contributed by atoms with van der Waals surface area (Å²) in [6.45, 7) is -0.0284. The van der Waals surface area contributed by atoms with E-state index in [-0.39, 0.29) is 6.61 Å². The molecule has 1 aliphatic rings. The molecule has 0 aliphatic carbocycles. The monoisotopic (exact) mass is 149 g/mol. The van der Waals surface area contributed by atoms with E-state index in [1.165, 1.54) is 0 Å². The molecule has 0 unspecified atom stereocenters. The van der Waals surface area contributed by atoms with Crippen LogP contribution in [-0.2, 0) is 4.74 Å². The van der Waals surface area contributed by atoms with E-state index in [0.29, 0.717) is 0 Å². The second-order valence-electron chi connectivity index (χ2n) is 2.36. The minimum Gasteiger partial charge on any atom is -0.389 e. The van der Waals surface area contributed by atoms with Gasteiger partial charge in [-0.15, -0.1) is 0 Å². The third kappa shape index (κ3) is 1.28. The van der Waals surface area contributed by atoms with Crippen molar-refractivity contribution in [2.24, 2.45) is 5.73 Å². The van der Waals surface area contributed by atoms with Crippen LogP contribution < -0.4 is 5.73 Å². The highest BCUT2D eigenvalue weighted by Gasteiger charge is 2.34. The summed E-state index contributed by atoms with van der Waals surface area (Å²) in [7, 11) is 0. The molecule has 1 heterocycles. The van der Waals surface area contributed by atoms with Crippen molar-refractivity contribution in [3.8, 4) is 0 Å². The third-order valence-electron chi connectivity index (χ3n) is 1.57. The van der Waals surface area contributed by atoms with Gasteiger partial charge in [0.05, 0.1) is 18.8 Å². The maximum atomic E-state index is 8.96. The molecule has 0 saturated carbocycles. The first-order valence-corrected chi connectivity index (χ1v) is 3.04. The van der Waals surface area contributed by atoms with Crippen molar-refractivity contribution < 1.29 is 20.1 Å². The highest BCUT2D eigenvalue weighted by molar-refractivity contribution is 4.84. The summed E-state index contributed by atoms with van der Waals surface area (Å²) in [5.74, 6) is 0. The van der Waals surface area contributed by atoms with E-state index in [1.54, 1.807) is 0 Å². The fourth-order valence-corrected chi connectivity index (χ4v) is 0.825. The van der Waals surface area contributed by atoms with E-state index >= 15 is 0 Å². The number of rotatable bonds is 0. The topological polar surface area (TPSA) is 95.9 Å². The third-order valence-corrected chi connectivity index (χ3v) is 1.57. The quantitative estimate of drug-likeness (QED) is 0.302. The number of aliphatic hydroxyl groups excluding tert-OH is 3. The average molecular weight is 149 g/mol. The molecule has 0 bridgehead atoms. The molecule has 1 fully saturated rings. The van der Waals surface area contributed by atoms with Crippen LogP contribution in [0.2, 0.25) is 0 Å². The molecule has 5 nitrogen and oxygen atoms in total. The van der Waals surface area contributed by atoms with Gasteiger partial charge >= 0.3 is 0 Å². The molecule has 0 spiro atoms. The van der Waals surface area contributed by atoms with Crippen LogP contribution in [0.25, 0.3) is 0 Å². The van der Waals surface area contributed by atoms with Crippen LogP contribution >= 0.6 is 0 Å². The molecule has 0 radical (unpaired) electrons. The molecule has 1 saturated heterocycles. The van der Waals surface area contributed by atoms with E-state index in [4.69, 9.17) is 21.1 Å². The van der Waals surface area contributed by atoms with E-state index in [1.807, 2.05) is 0 Å². The summed E-state index contributed by atoms with van der Waals surface area (Å²) >= 11 is 0. The van der Waals surface area contributed by atoms with Gasteiger partial charge in [-0.25, -0.2) is 0 Å².